The van der Waals surface area contributed by atoms with Crippen LogP contribution in [0.3, 0.4) is 0 Å². The van der Waals surface area contributed by atoms with Crippen molar-refractivity contribution in [3.05, 3.63) is 115 Å². The number of rotatable bonds is 6. The van der Waals surface area contributed by atoms with Crippen LogP contribution in [0.4, 0.5) is 0 Å². The fourth-order valence-corrected chi connectivity index (χ4v) is 12.7. The molecule has 0 atom stereocenters. The Bertz CT molecular complexity index is 2470. The number of fused-ring (bicyclic) bond motifs is 4. The molecule has 2 aliphatic rings. The highest BCUT2D eigenvalue weighted by atomic mass is 31.2. The Morgan fingerprint density at radius 2 is 0.672 bits per heavy atom. The molecule has 1 radical (unpaired) electrons. The lowest BCUT2D eigenvalue weighted by Crippen LogP contribution is -2.24. The van der Waals surface area contributed by atoms with Crippen LogP contribution in [0.15, 0.2) is 48.5 Å². The number of phosphoric ester groups is 2. The summed E-state index contributed by atoms with van der Waals surface area (Å²) in [6, 6.07) is 17.3. The quantitative estimate of drug-likeness (QED) is 0.139. The van der Waals surface area contributed by atoms with Gasteiger partial charge in [0.1, 0.15) is 23.0 Å². The van der Waals surface area contributed by atoms with E-state index in [-0.39, 0.29) is 33.5 Å². The zero-order valence-corrected chi connectivity index (χ0v) is 47.9. The molecule has 0 bridgehead atoms. The van der Waals surface area contributed by atoms with Crippen molar-refractivity contribution in [2.75, 3.05) is 0 Å². The van der Waals surface area contributed by atoms with E-state index in [1.165, 1.54) is 0 Å². The van der Waals surface area contributed by atoms with Crippen LogP contribution in [0, 0.1) is 0 Å². The molecule has 2 aliphatic heterocycles. The van der Waals surface area contributed by atoms with Crippen LogP contribution in [0.1, 0.15) is 231 Å². The molecule has 0 saturated heterocycles. The smallest absolute Gasteiger partial charge is 0.396 e. The van der Waals surface area contributed by atoms with E-state index in [1.807, 2.05) is 0 Å². The molecule has 0 spiro atoms. The first-order chi connectivity index (χ1) is 30.4. The number of hydrogen-bond acceptors (Lipinski definition) is 8. The molecule has 365 valence electrons. The monoisotopic (exact) mass is 970 g/mol. The molecule has 0 aromatic heterocycles. The van der Waals surface area contributed by atoms with Gasteiger partial charge in [-0.1, -0.05) is 201 Å². The van der Waals surface area contributed by atoms with Gasteiger partial charge in [-0.3, -0.25) is 0 Å². The minimum absolute atomic E-state index is 0.165. The predicted molar refractivity (Wildman–Crippen MR) is 277 cm³/mol. The first-order valence-corrected chi connectivity index (χ1v) is 28.2. The lowest BCUT2D eigenvalue weighted by molar-refractivity contribution is 0.256. The molecule has 8 nitrogen and oxygen atoms in total. The highest BCUT2D eigenvalue weighted by molar-refractivity contribution is 7.52. The molecule has 4 aromatic carbocycles. The lowest BCUT2D eigenvalue weighted by atomic mass is 9.74. The van der Waals surface area contributed by atoms with Crippen LogP contribution in [0.25, 0.3) is 0 Å². The topological polar surface area (TPSA) is 89.5 Å². The standard InChI is InChI=1S/C30H45O4P.C26H37O4P.Al/c1-18-21-14-19(27(2,3)4)16-23(29(8,9)10)25(21)33-35(31,32)34-26-22(18)15-20(28(5,6)7)17-24(26)30(11,12)13;1-10-17-12-19(25(4,5)6)14-21-16(3)22-15-20(26(7,8)9)13-18(11-2)24(22)30-31(27,28)29-23(17)21;/h14-18H,1-13H3,(H,31,32);12-16H,10-11H2,1-9H3,(H,27,28);/q;;+2/p-2. The van der Waals surface area contributed by atoms with E-state index in [1.54, 1.807) is 0 Å². The average Bonchev–Trinajstić information content (AvgIpc) is 3.16. The largest absolute Gasteiger partial charge is 0.689 e. The van der Waals surface area contributed by atoms with E-state index in [0.29, 0.717) is 35.8 Å². The summed E-state index contributed by atoms with van der Waals surface area (Å²) in [5.74, 6) is 1.43. The van der Waals surface area contributed by atoms with Crippen molar-refractivity contribution in [3.63, 3.8) is 0 Å². The van der Waals surface area contributed by atoms with Gasteiger partial charge in [-0.05, 0) is 78.7 Å². The molecule has 0 amide bonds. The van der Waals surface area contributed by atoms with E-state index in [9.17, 15) is 0 Å². The van der Waals surface area contributed by atoms with Crippen LogP contribution in [-0.2, 0) is 61.6 Å². The van der Waals surface area contributed by atoms with Crippen molar-refractivity contribution >= 4 is 31.5 Å². The molecule has 0 N–H and O–H groups in total. The minimum atomic E-state index is -4.64. The average molecular weight is 970 g/mol. The summed E-state index contributed by atoms with van der Waals surface area (Å²) in [7, 11) is -9.21. The molecule has 6 rings (SSSR count). The number of phosphoric acid groups is 2. The summed E-state index contributed by atoms with van der Waals surface area (Å²) in [6.07, 6.45) is 1.23. The first-order valence-electron chi connectivity index (χ1n) is 24.3. The summed E-state index contributed by atoms with van der Waals surface area (Å²) < 4.78 is 71.0. The van der Waals surface area contributed by atoms with E-state index >= 15 is 9.13 Å². The fraction of sp³-hybridized carbons (Fsp3) is 0.571. The first kappa shape index (κ1) is 53.3. The second-order valence-corrected chi connectivity index (χ2v) is 29.6. The minimum Gasteiger partial charge on any atom is -0.396 e. The molecule has 11 heteroatoms. The van der Waals surface area contributed by atoms with E-state index < -0.39 is 42.4 Å². The zero-order valence-electron chi connectivity index (χ0n) is 44.9. The highest BCUT2D eigenvalue weighted by Gasteiger charge is 2.45. The summed E-state index contributed by atoms with van der Waals surface area (Å²) in [5, 5.41) is 0. The second-order valence-electron chi connectivity index (χ2n) is 25.2. The molecule has 67 heavy (non-hydrogen) atoms. The molecule has 0 saturated carbocycles. The Hall–Kier alpha value is -3.01. The van der Waals surface area contributed by atoms with Crippen molar-refractivity contribution in [1.82, 2.24) is 0 Å². The lowest BCUT2D eigenvalue weighted by Gasteiger charge is -2.37. The van der Waals surface area contributed by atoms with Crippen LogP contribution in [0.2, 0.25) is 0 Å². The van der Waals surface area contributed by atoms with Gasteiger partial charge in [0.15, 0.2) is 0 Å². The number of hydrogen-bond donors (Lipinski definition) is 0. The molecular formula is C56H80AlO8P2. The maximum atomic E-state index is 15.8. The van der Waals surface area contributed by atoms with Crippen molar-refractivity contribution in [2.45, 2.75) is 209 Å². The highest BCUT2D eigenvalue weighted by Crippen LogP contribution is 2.62. The Morgan fingerprint density at radius 3 is 0.925 bits per heavy atom. The molecule has 4 aromatic rings. The van der Waals surface area contributed by atoms with Crippen molar-refractivity contribution in [2.24, 2.45) is 0 Å². The van der Waals surface area contributed by atoms with Crippen LogP contribution in [-0.4, -0.2) is 15.9 Å². The molecule has 0 fully saturated rings. The number of aryl methyl sites for hydroxylation is 2. The molecule has 0 aliphatic carbocycles. The summed E-state index contributed by atoms with van der Waals surface area (Å²) in [4.78, 5) is 0. The van der Waals surface area contributed by atoms with Gasteiger partial charge >= 0.3 is 31.5 Å². The van der Waals surface area contributed by atoms with Crippen LogP contribution in [0.5, 0.6) is 23.0 Å². The summed E-state index contributed by atoms with van der Waals surface area (Å²) in [6.45, 7) is 47.6. The van der Waals surface area contributed by atoms with Crippen LogP contribution >= 0.6 is 15.6 Å². The van der Waals surface area contributed by atoms with Crippen molar-refractivity contribution in [3.8, 4) is 23.0 Å². The van der Waals surface area contributed by atoms with Gasteiger partial charge in [-0.25, -0.2) is 9.13 Å². The maximum Gasteiger partial charge on any atom is 0.689 e. The maximum absolute atomic E-state index is 15.8. The fourth-order valence-electron chi connectivity index (χ4n) is 8.84. The van der Waals surface area contributed by atoms with E-state index in [0.717, 1.165) is 66.8 Å². The van der Waals surface area contributed by atoms with Crippen molar-refractivity contribution < 1.29 is 34.4 Å². The van der Waals surface area contributed by atoms with Gasteiger partial charge in [0, 0.05) is 45.2 Å². The van der Waals surface area contributed by atoms with E-state index in [2.05, 4.69) is 201 Å². The molecular weight excluding hydrogens is 890 g/mol. The third-order valence-corrected chi connectivity index (χ3v) is 17.9. The van der Waals surface area contributed by atoms with Crippen molar-refractivity contribution in [1.29, 1.82) is 0 Å². The third kappa shape index (κ3) is 11.1. The van der Waals surface area contributed by atoms with Gasteiger partial charge in [0.05, 0.1) is 0 Å². The Labute approximate surface area is 411 Å². The zero-order chi connectivity index (χ0) is 50.4. The van der Waals surface area contributed by atoms with Gasteiger partial charge in [-0.15, -0.1) is 0 Å². The Kier molecular flexibility index (Phi) is 14.3. The van der Waals surface area contributed by atoms with Gasteiger partial charge in [0.2, 0.25) is 0 Å². The summed E-state index contributed by atoms with van der Waals surface area (Å²) >= 11 is -1.85. The SMILES string of the molecule is CCc1cc(C(C)(C)C)cc2c1OP(=O)([O][Al][O]P1(=O)Oc3c(cc(C(C)(C)C)cc3C(C)(C)C)C(C)c3cc(C(C)(C)C)cc(C(C)(C)C)c3O1)Oc1c(CC)cc(C(C)(C)C)cc1C2C. The molecule has 0 unspecified atom stereocenters. The molecule has 2 heterocycles. The summed E-state index contributed by atoms with van der Waals surface area (Å²) in [5.41, 5.74) is 10.1. The number of benzene rings is 4. The second kappa shape index (κ2) is 18.0. The van der Waals surface area contributed by atoms with Gasteiger partial charge in [0.25, 0.3) is 0 Å². The van der Waals surface area contributed by atoms with Gasteiger partial charge in [-0.2, -0.15) is 0 Å². The van der Waals surface area contributed by atoms with Crippen LogP contribution < -0.4 is 18.1 Å². The third-order valence-electron chi connectivity index (χ3n) is 13.5. The van der Waals surface area contributed by atoms with Gasteiger partial charge < -0.3 is 25.2 Å². The van der Waals surface area contributed by atoms with E-state index in [4.69, 9.17) is 25.2 Å². The Balaban J connectivity index is 1.55. The Morgan fingerprint density at radius 1 is 0.418 bits per heavy atom. The normalized spacial score (nSPS) is 21.3. The predicted octanol–water partition coefficient (Wildman–Crippen LogP) is 16.9.